The number of ketones is 10. The fourth-order valence-electron chi connectivity index (χ4n) is 35.6. The van der Waals surface area contributed by atoms with Gasteiger partial charge in [0.15, 0.2) is 11.6 Å². The first-order valence-corrected chi connectivity index (χ1v) is 68.4. The Hall–Kier alpha value is -1.09. The van der Waals surface area contributed by atoms with Gasteiger partial charge in [-0.15, -0.1) is 0 Å². The molecular formula is C108H164AlBCl2INa2O21. The van der Waals surface area contributed by atoms with Crippen molar-refractivity contribution >= 4 is 154 Å². The van der Waals surface area contributed by atoms with Gasteiger partial charge in [0, 0.05) is 135 Å². The van der Waals surface area contributed by atoms with Crippen LogP contribution in [0.5, 0.6) is 0 Å². The Balaban J connectivity index is 0.000000167. The van der Waals surface area contributed by atoms with Crippen LogP contribution in [0, 0.1) is 178 Å². The molecule has 21 nitrogen and oxygen atoms in total. The number of carbonyl (C=O) groups is 12. The van der Waals surface area contributed by atoms with Gasteiger partial charge < -0.3 is 25.2 Å². The molecule has 19 saturated carbocycles. The number of rotatable bonds is 3. The Morgan fingerprint density at radius 2 is 0.868 bits per heavy atom. The van der Waals surface area contributed by atoms with Gasteiger partial charge in [0.1, 0.15) is 58.5 Å². The molecule has 34 atom stereocenters. The maximum atomic E-state index is 13.4. The minimum atomic E-state index is -5.69. The molecule has 20 rings (SSSR count). The molecule has 0 aromatic heterocycles. The van der Waals surface area contributed by atoms with Crippen molar-refractivity contribution in [1.82, 2.24) is 0 Å². The van der Waals surface area contributed by atoms with Gasteiger partial charge in [-0.05, 0) is 319 Å². The van der Waals surface area contributed by atoms with Crippen molar-refractivity contribution in [2.75, 3.05) is 6.61 Å². The number of hydrogen-bond acceptors (Lipinski definition) is 21. The van der Waals surface area contributed by atoms with Crippen LogP contribution >= 0.6 is 20.1 Å². The predicted molar refractivity (Wildman–Crippen MR) is 518 cm³/mol. The standard InChI is InChI=1S/C22H34O.C21H30O5.C20H30O2.C19H28O3.C19H26O3.C4H6O3.C2H5.CH4.Al.B.2ClH.HIO4.2Na/c1-5-15-7-9-18-17-8-6-16-12-14(2)10-11-21(16,3)20(17)19(23)13-22(15,18)4;1-19-7-5-13(23)9-12(19)3-4-14-15-6-8-21(26,17(25)11-22)20(15,2)10-16(24)18(14)19;1-12-8-9-19(2)13(10-12)4-5-14-15-6-7-17(22)20(15,3)11-16(21)18(14)19;2*1-18-8-7-12(20)9-11(18)3-4-13-14-5-6-16(22)19(14,2)10-15(21)17(13)18;1-3(5)7-4(2)6;1-2;;;;;;2-1(3,4)5;;/h5,14,16-18,20H,6-13H2,1-4H3;9,14-16,18,22,24,26H,3-8,10-11H2,1-2H3;12-15,18H,4-11H2,1-3H3;11-14,17,20H,3-10H2,1-2H3;11,13-14,17H,3-10H2,1-2H3;1-2H3;1H2,2H3;1H4;;;2*1H;2H;;/q;;;;;;;;+2;;;;;;/p-2/b15-5-;;;;;;;;;;;;;;/t14-,16+,17?,18?,20?,21-,22+;14?,15?,16-,18?,19-,20-,21-;12-,13+,14?,15?,18?,19-,20-;11?,12-,13?,14?,17?,18-,19-;11?,13?,14?,17?,18-,19-;;;;;;;;;;/m00000........../s1. The van der Waals surface area contributed by atoms with Gasteiger partial charge in [-0.2, -0.15) is 0 Å². The monoisotopic (exact) mass is 2080 g/mol. The Morgan fingerprint density at radius 3 is 1.26 bits per heavy atom. The Labute approximate surface area is 862 Å². The number of Topliss-reactive ketones (excluding diaryl/α,β-unsaturated/α-hetero) is 9. The van der Waals surface area contributed by atoms with Crippen molar-refractivity contribution in [2.45, 2.75) is 392 Å². The summed E-state index contributed by atoms with van der Waals surface area (Å²) in [6.45, 7) is 32.9. The molecule has 136 heavy (non-hydrogen) atoms. The molecule has 0 aromatic rings. The van der Waals surface area contributed by atoms with Gasteiger partial charge in [0.2, 0.25) is 0 Å². The molecule has 0 aliphatic heterocycles. The van der Waals surface area contributed by atoms with Gasteiger partial charge in [-0.1, -0.05) is 133 Å². The molecule has 0 aromatic carbocycles. The summed E-state index contributed by atoms with van der Waals surface area (Å²) in [5, 5.41) is 42.7. The van der Waals surface area contributed by atoms with Crippen LogP contribution in [0.3, 0.4) is 0 Å². The molecule has 0 saturated heterocycles. The van der Waals surface area contributed by atoms with E-state index >= 15 is 0 Å². The molecule has 0 heterocycles. The maximum absolute atomic E-state index is 13.4. The molecule has 751 valence electrons. The van der Waals surface area contributed by atoms with E-state index in [0.717, 1.165) is 144 Å². The van der Waals surface area contributed by atoms with Crippen LogP contribution in [0.4, 0.5) is 0 Å². The van der Waals surface area contributed by atoms with E-state index in [-0.39, 0.29) is 107 Å². The van der Waals surface area contributed by atoms with Gasteiger partial charge in [-0.25, -0.2) is 20.1 Å². The SMILES string of the molecule is C.C/C=C1/CCC2C3CC[C@@H]4C[C@@H](C)CC[C@]4(C)C3C(=O)C[C@]12C.CC(=O)OC(C)=O.C[C@H]1CC[C@]2(C)C3C(=O)C[C@]4(C)C(=O)CCC4C3CC[C@@H]2C1.C[C@]12CCC(=O)C=C1CCC1C2[C@@H](O)C[C@@]2(C)C1CC[C@]2(O)C(=O)CO.C[C@]12CCC(=O)CC1CCC1C2C(=O)C[C@]2(C)C(=O)CCC12.C[C@]12CC[C@H](O)CC1CCC1C2C(=O)C[C@]2(C)C(=O)CCC12.C[CH2][Al]([Cl])[Cl].[B].[Na][Na].[O-][I+3]([O-])([O-])O. The van der Waals surface area contributed by atoms with E-state index in [0.29, 0.717) is 175 Å². The molecule has 0 amide bonds. The normalized spacial score (nSPS) is 46.0. The van der Waals surface area contributed by atoms with Crippen LogP contribution in [-0.4, -0.2) is 182 Å². The van der Waals surface area contributed by atoms with Crippen molar-refractivity contribution in [3.05, 3.63) is 23.3 Å². The maximum Gasteiger partial charge on any atom is 0.368 e. The Bertz CT molecular complexity index is 4390. The van der Waals surface area contributed by atoms with Crippen molar-refractivity contribution < 1.29 is 117 Å². The number of hydrogen-bond donors (Lipinski definition) is 5. The Kier molecular flexibility index (Phi) is 38.8. The fourth-order valence-corrected chi connectivity index (χ4v) is 35.6. The van der Waals surface area contributed by atoms with E-state index in [9.17, 15) is 78.0 Å². The number of ether oxygens (including phenoxy) is 1. The summed E-state index contributed by atoms with van der Waals surface area (Å²) in [6, 6.07) is 0. The second-order valence-corrected chi connectivity index (χ2v) is 56.6. The molecule has 3 radical (unpaired) electrons. The van der Waals surface area contributed by atoms with Gasteiger partial charge >= 0.3 is 88.0 Å². The van der Waals surface area contributed by atoms with E-state index in [1.807, 2.05) is 20.8 Å². The summed E-state index contributed by atoms with van der Waals surface area (Å²) in [4.78, 5) is 145. The second kappa shape index (κ2) is 45.1. The zero-order chi connectivity index (χ0) is 99.1. The molecule has 0 bridgehead atoms. The molecule has 17 unspecified atom stereocenters. The Morgan fingerprint density at radius 1 is 0.493 bits per heavy atom. The minimum absolute atomic E-state index is 0. The topological polar surface area (TPSA) is 384 Å². The average molecular weight is 2080 g/mol. The summed E-state index contributed by atoms with van der Waals surface area (Å²) in [5.74, 6) is 11.2. The molecule has 28 heteroatoms. The van der Waals surface area contributed by atoms with E-state index < -0.39 is 73.8 Å². The van der Waals surface area contributed by atoms with Crippen LogP contribution in [0.25, 0.3) is 0 Å². The first-order chi connectivity index (χ1) is 62.5. The molecule has 0 spiro atoms. The summed E-state index contributed by atoms with van der Waals surface area (Å²) >= 11 is -4.01. The van der Waals surface area contributed by atoms with E-state index in [4.69, 9.17) is 33.8 Å². The van der Waals surface area contributed by atoms with E-state index in [1.54, 1.807) is 11.6 Å². The third-order valence-electron chi connectivity index (χ3n) is 42.3. The van der Waals surface area contributed by atoms with Crippen LogP contribution in [0.2, 0.25) is 5.28 Å². The number of halogens is 3. The predicted octanol–water partition coefficient (Wildman–Crippen LogP) is 12.9. The van der Waals surface area contributed by atoms with Crippen LogP contribution in [-0.2, 0) is 62.3 Å². The number of esters is 2. The molecule has 20 aliphatic rings. The van der Waals surface area contributed by atoms with Crippen molar-refractivity contribution in [3.63, 3.8) is 0 Å². The van der Waals surface area contributed by atoms with Crippen LogP contribution in [0.15, 0.2) is 23.3 Å². The van der Waals surface area contributed by atoms with E-state index in [2.05, 4.69) is 87.0 Å². The minimum Gasteiger partial charge on any atom is -0.256 e. The first kappa shape index (κ1) is 117. The number of fused-ring (bicyclic) bond motifs is 25. The van der Waals surface area contributed by atoms with Crippen LogP contribution in [0.1, 0.15) is 369 Å². The largest absolute Gasteiger partial charge is 0.368 e. The summed E-state index contributed by atoms with van der Waals surface area (Å²) in [7, 11) is 10.7. The average Bonchev–Trinajstić information content (AvgIpc) is 1.41. The summed E-state index contributed by atoms with van der Waals surface area (Å²) in [5.41, 5.74) is 0.0747. The zero-order valence-corrected chi connectivity index (χ0v) is 93.8. The first-order valence-electron chi connectivity index (χ1n) is 52.5. The summed E-state index contributed by atoms with van der Waals surface area (Å²) < 4.78 is 37.2. The molecule has 5 N–H and O–H groups in total. The zero-order valence-electron chi connectivity index (χ0n) is 85.0. The number of allylic oxidation sites excluding steroid dienone is 3. The molecule has 20 aliphatic carbocycles. The fraction of sp³-hybridized carbons (Fsp3) is 0.852. The quantitative estimate of drug-likeness (QED) is 0.0576. The number of aliphatic hydroxyl groups is 4. The summed E-state index contributed by atoms with van der Waals surface area (Å²) in [6.07, 6.45) is 40.0. The number of aliphatic hydroxyl groups excluding tert-OH is 3. The second-order valence-electron chi connectivity index (χ2n) is 48.9. The third kappa shape index (κ3) is 22.0. The van der Waals surface area contributed by atoms with Gasteiger partial charge in [-0.3, -0.25) is 67.8 Å². The van der Waals surface area contributed by atoms with Crippen LogP contribution < -0.4 is 30.4 Å². The van der Waals surface area contributed by atoms with Gasteiger partial charge in [0.05, 0.1) is 12.2 Å². The third-order valence-corrected chi connectivity index (χ3v) is 44.8. The smallest absolute Gasteiger partial charge is 0.256 e. The number of carbonyl (C=O) groups excluding carboxylic acids is 12. The van der Waals surface area contributed by atoms with Gasteiger partial charge in [0.25, 0.3) is 0 Å². The molecule has 19 fully saturated rings. The van der Waals surface area contributed by atoms with E-state index in [1.165, 1.54) is 140 Å². The van der Waals surface area contributed by atoms with Crippen molar-refractivity contribution in [1.29, 1.82) is 0 Å². The van der Waals surface area contributed by atoms with Crippen molar-refractivity contribution in [2.24, 2.45) is 178 Å². The van der Waals surface area contributed by atoms with Crippen molar-refractivity contribution in [3.8, 4) is 0 Å². The molecular weight excluding hydrogens is 1910 g/mol.